The Hall–Kier alpha value is -4.58. The molecule has 6 rings (SSSR count). The Labute approximate surface area is 311 Å². The molecule has 14 nitrogen and oxygen atoms in total. The van der Waals surface area contributed by atoms with Crippen LogP contribution in [0.5, 0.6) is 5.75 Å². The maximum absolute atomic E-state index is 14.7. The molecule has 1 fully saturated rings. The number of carbonyl (C=O) groups is 5. The average molecular weight is 775 g/mol. The minimum Gasteiger partial charge on any atom is -0.481 e. The molecule has 4 N–H and O–H groups in total. The number of nitrogens with zero attached hydrogens (tertiary/aromatic N) is 3. The van der Waals surface area contributed by atoms with Gasteiger partial charge in [0, 0.05) is 35.1 Å². The van der Waals surface area contributed by atoms with E-state index in [0.29, 0.717) is 42.2 Å². The second-order valence-electron chi connectivity index (χ2n) is 13.5. The highest BCUT2D eigenvalue weighted by atomic mass is 35.5. The summed E-state index contributed by atoms with van der Waals surface area (Å²) in [5, 5.41) is 10.3. The first-order valence-corrected chi connectivity index (χ1v) is 19.3. The fraction of sp³-hybridized carbons (Fsp3) is 0.417. The molecule has 4 aliphatic rings. The molecule has 3 aliphatic heterocycles. The van der Waals surface area contributed by atoms with Crippen molar-refractivity contribution in [2.45, 2.75) is 58.5 Å². The van der Waals surface area contributed by atoms with Gasteiger partial charge in [-0.15, -0.1) is 6.42 Å². The number of terminal acetylenes is 1. The van der Waals surface area contributed by atoms with Crippen molar-refractivity contribution in [3.05, 3.63) is 63.9 Å². The summed E-state index contributed by atoms with van der Waals surface area (Å²) in [5.41, 5.74) is 6.55. The molecule has 0 bridgehead atoms. The van der Waals surface area contributed by atoms with Crippen molar-refractivity contribution in [2.75, 3.05) is 42.4 Å². The molecule has 0 radical (unpaired) electrons. The van der Waals surface area contributed by atoms with Gasteiger partial charge < -0.3 is 20.5 Å². The summed E-state index contributed by atoms with van der Waals surface area (Å²) >= 11 is 6.03. The van der Waals surface area contributed by atoms with Gasteiger partial charge in [-0.25, -0.2) is 14.4 Å². The molecule has 2 unspecified atom stereocenters. The fourth-order valence-electron chi connectivity index (χ4n) is 5.70. The van der Waals surface area contributed by atoms with Crippen molar-refractivity contribution in [3.63, 3.8) is 0 Å². The molecule has 4 amide bonds. The highest BCUT2D eigenvalue weighted by Gasteiger charge is 2.42. The van der Waals surface area contributed by atoms with Crippen LogP contribution in [0.1, 0.15) is 51.5 Å². The van der Waals surface area contributed by atoms with E-state index in [4.69, 9.17) is 43.3 Å². The largest absolute Gasteiger partial charge is 0.481 e. The zero-order chi connectivity index (χ0) is 39.2. The number of aliphatic carboxylic acids is 1. The molecule has 1 aliphatic carbocycles. The van der Waals surface area contributed by atoms with Gasteiger partial charge in [0.25, 0.3) is 23.6 Å². The van der Waals surface area contributed by atoms with Gasteiger partial charge in [-0.3, -0.25) is 38.3 Å². The van der Waals surface area contributed by atoms with Crippen LogP contribution in [0.3, 0.4) is 0 Å². The first-order chi connectivity index (χ1) is 24.9. The third kappa shape index (κ3) is 9.90. The minimum absolute atomic E-state index is 0.00687. The number of nitrogens with two attached hydrogens (primary N) is 1. The predicted octanol–water partition coefficient (Wildman–Crippen LogP) is 4.26. The van der Waals surface area contributed by atoms with E-state index in [0.717, 1.165) is 29.4 Å². The zero-order valence-corrected chi connectivity index (χ0v) is 31.1. The number of hydroxylamine groups is 2. The maximum Gasteiger partial charge on any atom is 0.320 e. The predicted molar refractivity (Wildman–Crippen MR) is 194 cm³/mol. The van der Waals surface area contributed by atoms with Crippen molar-refractivity contribution in [1.29, 1.82) is 0 Å². The zero-order valence-electron chi connectivity index (χ0n) is 29.5. The number of hydrogen-bond acceptors (Lipinski definition) is 9. The van der Waals surface area contributed by atoms with E-state index in [1.165, 1.54) is 22.7 Å². The first-order valence-electron chi connectivity index (χ1n) is 16.6. The Balaban J connectivity index is 0.000000198. The lowest BCUT2D eigenvalue weighted by Gasteiger charge is -2.29. The van der Waals surface area contributed by atoms with Gasteiger partial charge >= 0.3 is 5.97 Å². The fourth-order valence-corrected chi connectivity index (χ4v) is 6.66. The van der Waals surface area contributed by atoms with Crippen molar-refractivity contribution in [1.82, 2.24) is 5.06 Å². The van der Waals surface area contributed by atoms with Crippen LogP contribution in [0.25, 0.3) is 0 Å². The number of hydrogen-bond donors (Lipinski definition) is 3. The lowest BCUT2D eigenvalue weighted by atomic mass is 9.93. The van der Waals surface area contributed by atoms with Gasteiger partial charge in [-0.1, -0.05) is 35.7 Å². The summed E-state index contributed by atoms with van der Waals surface area (Å²) in [7, 11) is -3.10. The molecular formula is C36H41ClFN4O10P. The van der Waals surface area contributed by atoms with Crippen LogP contribution in [0.4, 0.5) is 15.8 Å². The second-order valence-corrected chi connectivity index (χ2v) is 16.4. The van der Waals surface area contributed by atoms with Crippen molar-refractivity contribution in [3.8, 4) is 18.1 Å². The van der Waals surface area contributed by atoms with Crippen molar-refractivity contribution < 1.29 is 52.5 Å². The maximum atomic E-state index is 14.7. The molecule has 2 atom stereocenters. The molecule has 0 saturated carbocycles. The van der Waals surface area contributed by atoms with Crippen LogP contribution in [0.15, 0.2) is 47.5 Å². The van der Waals surface area contributed by atoms with Gasteiger partial charge in [0.1, 0.15) is 11.8 Å². The van der Waals surface area contributed by atoms with E-state index >= 15 is 0 Å². The number of carboxylic acid groups (broad SMARTS) is 1. The van der Waals surface area contributed by atoms with Gasteiger partial charge in [-0.2, -0.15) is 0 Å². The summed E-state index contributed by atoms with van der Waals surface area (Å²) < 4.78 is 30.6. The topological polar surface area (TPSA) is 197 Å². The number of ether oxygens (including phenoxy) is 1. The molecule has 1 saturated heterocycles. The SMILES string of the molecule is C#CCN1C(=O)COc2cc(F)c(N3C(=O)C4=C(CCCC4)C3=O)cc21.CC1(C)CON(Cc2ccccc2Cl)C1=O.CP(=O)(O)CCC(N)C(=O)O. The Kier molecular flexibility index (Phi) is 13.2. The van der Waals surface area contributed by atoms with Crippen LogP contribution < -0.4 is 20.3 Å². The van der Waals surface area contributed by atoms with Crippen molar-refractivity contribution in [2.24, 2.45) is 11.1 Å². The summed E-state index contributed by atoms with van der Waals surface area (Å²) in [6.07, 6.45) is 8.01. The lowest BCUT2D eigenvalue weighted by molar-refractivity contribution is -0.165. The Morgan fingerprint density at radius 1 is 1.11 bits per heavy atom. The monoisotopic (exact) mass is 774 g/mol. The third-order valence-electron chi connectivity index (χ3n) is 8.68. The standard InChI is InChI=1S/C19H15FN2O4.C12H14ClNO2.C5H12NO4P/c1-2-7-21-15-9-14(13(20)8-16(15)26-10-17(21)23)22-18(24)11-5-3-4-6-12(11)19(22)25;1-12(2)8-16-14(11(12)15)7-9-5-3-4-6-10(9)13;1-11(9,10)3-2-4(6)5(7)8/h1,8-9H,3-7,10H2;3-6H,7-8H2,1-2H3;4H,2-3,6H2,1H3,(H,7,8)(H,9,10). The summed E-state index contributed by atoms with van der Waals surface area (Å²) in [4.78, 5) is 75.7. The van der Waals surface area contributed by atoms with E-state index in [9.17, 15) is 32.9 Å². The second kappa shape index (κ2) is 17.0. The molecule has 2 aromatic carbocycles. The molecule has 2 aromatic rings. The smallest absolute Gasteiger partial charge is 0.320 e. The molecular weight excluding hydrogens is 734 g/mol. The Morgan fingerprint density at radius 3 is 2.26 bits per heavy atom. The number of imide groups is 1. The highest BCUT2D eigenvalue weighted by Crippen LogP contribution is 2.42. The van der Waals surface area contributed by atoms with Crippen LogP contribution in [0, 0.1) is 23.6 Å². The first kappa shape index (κ1) is 41.2. The third-order valence-corrected chi connectivity index (χ3v) is 10.1. The molecule has 0 aromatic heterocycles. The Morgan fingerprint density at radius 2 is 1.74 bits per heavy atom. The van der Waals surface area contributed by atoms with E-state index in [1.807, 2.05) is 38.1 Å². The molecule has 17 heteroatoms. The van der Waals surface area contributed by atoms with Crippen LogP contribution >= 0.6 is 19.0 Å². The van der Waals surface area contributed by atoms with Crippen LogP contribution in [-0.4, -0.2) is 83.3 Å². The molecule has 284 valence electrons. The number of carboxylic acids is 1. The summed E-state index contributed by atoms with van der Waals surface area (Å²) in [5.74, 6) is -0.728. The Bertz CT molecular complexity index is 1900. The summed E-state index contributed by atoms with van der Waals surface area (Å²) in [6, 6.07) is 8.80. The van der Waals surface area contributed by atoms with Gasteiger partial charge in [-0.05, 0) is 63.6 Å². The molecule has 53 heavy (non-hydrogen) atoms. The van der Waals surface area contributed by atoms with E-state index < -0.39 is 42.4 Å². The molecule has 0 spiro atoms. The number of halogens is 2. The van der Waals surface area contributed by atoms with E-state index in [1.54, 1.807) is 0 Å². The van der Waals surface area contributed by atoms with E-state index in [-0.39, 0.29) is 54.7 Å². The number of amides is 4. The van der Waals surface area contributed by atoms with Gasteiger partial charge in [0.2, 0.25) is 0 Å². The summed E-state index contributed by atoms with van der Waals surface area (Å²) in [6.45, 7) is 5.51. The highest BCUT2D eigenvalue weighted by molar-refractivity contribution is 7.57. The van der Waals surface area contributed by atoms with E-state index in [2.05, 4.69) is 5.92 Å². The number of rotatable bonds is 8. The van der Waals surface area contributed by atoms with Gasteiger partial charge in [0.15, 0.2) is 19.8 Å². The quantitative estimate of drug-likeness (QED) is 0.197. The number of carbonyl (C=O) groups excluding carboxylic acids is 4. The average Bonchev–Trinajstić information content (AvgIpc) is 3.51. The van der Waals surface area contributed by atoms with Crippen molar-refractivity contribution >= 4 is 59.9 Å². The van der Waals surface area contributed by atoms with Crippen LogP contribution in [-0.2, 0) is 39.9 Å². The lowest BCUT2D eigenvalue weighted by Crippen LogP contribution is -2.39. The molecule has 3 heterocycles. The number of benzene rings is 2. The number of fused-ring (bicyclic) bond motifs is 1. The van der Waals surface area contributed by atoms with Crippen LogP contribution in [0.2, 0.25) is 5.02 Å². The minimum atomic E-state index is -3.10. The van der Waals surface area contributed by atoms with Gasteiger partial charge in [0.05, 0.1) is 36.5 Å². The normalized spacial score (nSPS) is 19.2. The number of anilines is 2.